The first-order valence-corrected chi connectivity index (χ1v) is 12.7. The molecule has 1 unspecified atom stereocenters. The summed E-state index contributed by atoms with van der Waals surface area (Å²) in [5, 5.41) is 0.692. The molecule has 3 aromatic rings. The van der Waals surface area contributed by atoms with Crippen LogP contribution < -0.4 is 15.4 Å². The van der Waals surface area contributed by atoms with Gasteiger partial charge in [0, 0.05) is 44.8 Å². The highest BCUT2D eigenvalue weighted by atomic mass is 32.1. The molecule has 1 atom stereocenters. The summed E-state index contributed by atoms with van der Waals surface area (Å²) in [6.45, 7) is 3.91. The molecule has 194 valence electrons. The van der Waals surface area contributed by atoms with Crippen LogP contribution in [-0.4, -0.2) is 71.0 Å². The van der Waals surface area contributed by atoms with Gasteiger partial charge in [0.1, 0.15) is 22.1 Å². The molecule has 0 saturated carbocycles. The number of rotatable bonds is 7. The zero-order chi connectivity index (χ0) is 26.0. The standard InChI is InChI=1S/C25H26F2N6O3S/c1-2-36-25(27)9-7-16(8-10-25)22-29-20-21(30-24(28)31-23(20)37-22)33-13-11-32(12-14-33)19(34)15-35-18-5-3-17(26)4-6-18/h3-9H,2,10-15H2,1H3,(H2,28,30,31). The molecule has 0 bridgehead atoms. The van der Waals surface area contributed by atoms with Gasteiger partial charge in [0.25, 0.3) is 5.91 Å². The number of carbonyl (C=O) groups excluding carboxylic acids is 1. The van der Waals surface area contributed by atoms with E-state index in [9.17, 15) is 13.6 Å². The maximum Gasteiger partial charge on any atom is 0.260 e. The van der Waals surface area contributed by atoms with Crippen molar-refractivity contribution in [2.24, 2.45) is 0 Å². The van der Waals surface area contributed by atoms with Crippen molar-refractivity contribution >= 4 is 44.9 Å². The Labute approximate surface area is 216 Å². The van der Waals surface area contributed by atoms with E-state index in [1.807, 2.05) is 4.90 Å². The number of hydrogen-bond donors (Lipinski definition) is 1. The number of fused-ring (bicyclic) bond motifs is 1. The van der Waals surface area contributed by atoms with Gasteiger partial charge < -0.3 is 25.0 Å². The van der Waals surface area contributed by atoms with Gasteiger partial charge in [-0.3, -0.25) is 4.79 Å². The topological polar surface area (TPSA) is 107 Å². The summed E-state index contributed by atoms with van der Waals surface area (Å²) in [4.78, 5) is 30.5. The molecule has 1 aliphatic heterocycles. The van der Waals surface area contributed by atoms with E-state index in [2.05, 4.69) is 9.97 Å². The minimum atomic E-state index is -1.80. The van der Waals surface area contributed by atoms with Gasteiger partial charge in [0.15, 0.2) is 17.3 Å². The van der Waals surface area contributed by atoms with Crippen LogP contribution in [0.2, 0.25) is 0 Å². The molecule has 12 heteroatoms. The molecular weight excluding hydrogens is 502 g/mol. The van der Waals surface area contributed by atoms with Gasteiger partial charge in [-0.1, -0.05) is 23.5 Å². The lowest BCUT2D eigenvalue weighted by Crippen LogP contribution is -2.50. The molecule has 2 aromatic heterocycles. The number of aromatic nitrogens is 3. The fourth-order valence-electron chi connectivity index (χ4n) is 4.21. The van der Waals surface area contributed by atoms with E-state index in [0.29, 0.717) is 53.1 Å². The Morgan fingerprint density at radius 2 is 1.92 bits per heavy atom. The van der Waals surface area contributed by atoms with Crippen molar-refractivity contribution in [2.75, 3.05) is 50.0 Å². The average Bonchev–Trinajstić information content (AvgIpc) is 3.32. The van der Waals surface area contributed by atoms with Crippen LogP contribution in [0.4, 0.5) is 20.5 Å². The molecule has 3 heterocycles. The van der Waals surface area contributed by atoms with Crippen molar-refractivity contribution in [3.05, 3.63) is 53.3 Å². The summed E-state index contributed by atoms with van der Waals surface area (Å²) < 4.78 is 38.3. The third-order valence-corrected chi connectivity index (χ3v) is 7.11. The Morgan fingerprint density at radius 1 is 1.16 bits per heavy atom. The first-order chi connectivity index (χ1) is 17.8. The van der Waals surface area contributed by atoms with E-state index in [4.69, 9.17) is 20.2 Å². The number of alkyl halides is 1. The van der Waals surface area contributed by atoms with Gasteiger partial charge in [-0.25, -0.2) is 18.7 Å². The van der Waals surface area contributed by atoms with Crippen LogP contribution in [-0.2, 0) is 9.53 Å². The van der Waals surface area contributed by atoms with Crippen molar-refractivity contribution in [2.45, 2.75) is 19.2 Å². The summed E-state index contributed by atoms with van der Waals surface area (Å²) in [6, 6.07) is 5.54. The van der Waals surface area contributed by atoms with Gasteiger partial charge in [0.2, 0.25) is 11.8 Å². The second kappa shape index (κ2) is 10.4. The van der Waals surface area contributed by atoms with Crippen LogP contribution in [0.15, 0.2) is 42.5 Å². The Balaban J connectivity index is 1.26. The zero-order valence-electron chi connectivity index (χ0n) is 20.2. The molecule has 1 amide bonds. The molecule has 1 aromatic carbocycles. The smallest absolute Gasteiger partial charge is 0.260 e. The number of ether oxygens (including phenoxy) is 2. The minimum absolute atomic E-state index is 0.101. The van der Waals surface area contributed by atoms with E-state index < -0.39 is 5.85 Å². The second-order valence-corrected chi connectivity index (χ2v) is 9.58. The fraction of sp³-hybridized carbons (Fsp3) is 0.360. The summed E-state index contributed by atoms with van der Waals surface area (Å²) in [5.74, 6) is -1.14. The molecule has 1 saturated heterocycles. The SMILES string of the molecule is CCOC1(F)C=CC(c2nc3c(N4CCN(C(=O)COc5ccc(F)cc5)CC4)nc(N)nc3s2)=CC1. The summed E-state index contributed by atoms with van der Waals surface area (Å²) in [6.07, 6.45) is 4.95. The summed E-state index contributed by atoms with van der Waals surface area (Å²) in [5.41, 5.74) is 7.40. The maximum absolute atomic E-state index is 14.6. The van der Waals surface area contributed by atoms with Crippen molar-refractivity contribution in [1.82, 2.24) is 19.9 Å². The predicted molar refractivity (Wildman–Crippen MR) is 138 cm³/mol. The monoisotopic (exact) mass is 528 g/mol. The van der Waals surface area contributed by atoms with E-state index in [1.54, 1.807) is 24.0 Å². The molecule has 9 nitrogen and oxygen atoms in total. The zero-order valence-corrected chi connectivity index (χ0v) is 21.0. The Kier molecular flexibility index (Phi) is 7.02. The third-order valence-electron chi connectivity index (χ3n) is 6.11. The van der Waals surface area contributed by atoms with Crippen LogP contribution in [0.25, 0.3) is 15.9 Å². The van der Waals surface area contributed by atoms with Crippen molar-refractivity contribution in [3.8, 4) is 5.75 Å². The van der Waals surface area contributed by atoms with Crippen molar-refractivity contribution in [1.29, 1.82) is 0 Å². The van der Waals surface area contributed by atoms with Crippen LogP contribution >= 0.6 is 11.3 Å². The largest absolute Gasteiger partial charge is 0.484 e. The van der Waals surface area contributed by atoms with Gasteiger partial charge in [-0.15, -0.1) is 0 Å². The lowest BCUT2D eigenvalue weighted by atomic mass is 10.0. The van der Waals surface area contributed by atoms with Crippen molar-refractivity contribution in [3.63, 3.8) is 0 Å². The molecule has 2 N–H and O–H groups in total. The van der Waals surface area contributed by atoms with Crippen LogP contribution in [0, 0.1) is 5.82 Å². The highest BCUT2D eigenvalue weighted by Gasteiger charge is 2.30. The summed E-state index contributed by atoms with van der Waals surface area (Å²) >= 11 is 1.36. The highest BCUT2D eigenvalue weighted by Crippen LogP contribution is 2.36. The molecule has 37 heavy (non-hydrogen) atoms. The second-order valence-electron chi connectivity index (χ2n) is 8.60. The molecule has 5 rings (SSSR count). The molecule has 0 radical (unpaired) electrons. The number of nitrogens with two attached hydrogens (primary N) is 1. The highest BCUT2D eigenvalue weighted by molar-refractivity contribution is 7.19. The molecule has 2 aliphatic rings. The van der Waals surface area contributed by atoms with Gasteiger partial charge >= 0.3 is 0 Å². The Hall–Kier alpha value is -3.64. The third kappa shape index (κ3) is 5.54. The first-order valence-electron chi connectivity index (χ1n) is 11.9. The van der Waals surface area contributed by atoms with Gasteiger partial charge in [-0.2, -0.15) is 4.98 Å². The van der Waals surface area contributed by atoms with E-state index in [-0.39, 0.29) is 37.3 Å². The lowest BCUT2D eigenvalue weighted by molar-refractivity contribution is -0.133. The Morgan fingerprint density at radius 3 is 2.59 bits per heavy atom. The number of anilines is 2. The average molecular weight is 529 g/mol. The summed E-state index contributed by atoms with van der Waals surface area (Å²) in [7, 11) is 0. The lowest BCUT2D eigenvalue weighted by Gasteiger charge is -2.35. The van der Waals surface area contributed by atoms with Crippen LogP contribution in [0.1, 0.15) is 18.4 Å². The van der Waals surface area contributed by atoms with Crippen LogP contribution in [0.5, 0.6) is 5.75 Å². The number of carbonyl (C=O) groups is 1. The van der Waals surface area contributed by atoms with Gasteiger partial charge in [0.05, 0.1) is 0 Å². The minimum Gasteiger partial charge on any atom is -0.484 e. The number of nitrogen functional groups attached to an aromatic ring is 1. The quantitative estimate of drug-likeness (QED) is 0.496. The molecule has 1 fully saturated rings. The Bertz CT molecular complexity index is 1350. The number of nitrogens with zero attached hydrogens (tertiary/aromatic N) is 5. The number of piperazine rings is 1. The number of allylic oxidation sites excluding steroid dienone is 2. The fourth-order valence-corrected chi connectivity index (χ4v) is 5.17. The molecular formula is C25H26F2N6O3S. The number of halogens is 2. The van der Waals surface area contributed by atoms with E-state index >= 15 is 0 Å². The number of amides is 1. The molecule has 0 spiro atoms. The number of hydrogen-bond acceptors (Lipinski definition) is 9. The molecule has 1 aliphatic carbocycles. The number of benzene rings is 1. The van der Waals surface area contributed by atoms with E-state index in [0.717, 1.165) is 5.57 Å². The van der Waals surface area contributed by atoms with E-state index in [1.165, 1.54) is 41.7 Å². The number of thiazole rings is 1. The predicted octanol–water partition coefficient (Wildman–Crippen LogP) is 3.58. The first kappa shape index (κ1) is 25.0. The van der Waals surface area contributed by atoms with Crippen molar-refractivity contribution < 1.29 is 23.0 Å². The van der Waals surface area contributed by atoms with Crippen LogP contribution in [0.3, 0.4) is 0 Å². The normalized spacial score (nSPS) is 19.8. The van der Waals surface area contributed by atoms with Gasteiger partial charge in [-0.05, 0) is 37.3 Å². The maximum atomic E-state index is 14.6.